The Bertz CT molecular complexity index is 948. The zero-order chi connectivity index (χ0) is 19.4. The average molecular weight is 387 g/mol. The largest absolute Gasteiger partial charge is 0.493 e. The van der Waals surface area contributed by atoms with Crippen LogP contribution in [0.5, 0.6) is 11.5 Å². The van der Waals surface area contributed by atoms with E-state index in [1.807, 2.05) is 30.8 Å². The molecule has 0 bridgehead atoms. The van der Waals surface area contributed by atoms with Crippen LogP contribution in [0.4, 0.5) is 5.69 Å². The van der Waals surface area contributed by atoms with E-state index in [-0.39, 0.29) is 11.7 Å². The molecule has 0 aliphatic carbocycles. The normalized spacial score (nSPS) is 10.7. The molecule has 0 spiro atoms. The van der Waals surface area contributed by atoms with Crippen molar-refractivity contribution in [2.75, 3.05) is 19.5 Å². The van der Waals surface area contributed by atoms with Gasteiger partial charge in [-0.2, -0.15) is 0 Å². The maximum Gasteiger partial charge on any atom is 0.291 e. The number of carbonyl (C=O) groups is 1. The van der Waals surface area contributed by atoms with E-state index in [1.165, 1.54) is 0 Å². The smallest absolute Gasteiger partial charge is 0.291 e. The molecule has 2 heterocycles. The summed E-state index contributed by atoms with van der Waals surface area (Å²) in [6.45, 7) is 1.88. The predicted octanol–water partition coefficient (Wildman–Crippen LogP) is 3.88. The summed E-state index contributed by atoms with van der Waals surface area (Å²) < 4.78 is 18.2. The Labute approximate surface area is 161 Å². The highest BCUT2D eigenvalue weighted by molar-refractivity contribution is 7.98. The third-order valence-electron chi connectivity index (χ3n) is 3.98. The number of ether oxygens (including phenoxy) is 2. The highest BCUT2D eigenvalue weighted by Gasteiger charge is 2.15. The van der Waals surface area contributed by atoms with Gasteiger partial charge in [-0.15, -0.1) is 0 Å². The molecule has 2 aromatic heterocycles. The molecule has 0 aliphatic heterocycles. The summed E-state index contributed by atoms with van der Waals surface area (Å²) in [4.78, 5) is 16.8. The van der Waals surface area contributed by atoms with Gasteiger partial charge in [0.25, 0.3) is 5.91 Å². The first-order chi connectivity index (χ1) is 13.0. The highest BCUT2D eigenvalue weighted by Crippen LogP contribution is 2.33. The zero-order valence-electron chi connectivity index (χ0n) is 15.6. The molecule has 1 N–H and O–H groups in total. The number of thioether (sulfide) groups is 1. The number of nitrogens with one attached hydrogen (secondary N) is 1. The minimum absolute atomic E-state index is 0.250. The monoisotopic (exact) mass is 387 g/mol. The van der Waals surface area contributed by atoms with Gasteiger partial charge in [0.1, 0.15) is 5.76 Å². The molecule has 0 saturated carbocycles. The summed E-state index contributed by atoms with van der Waals surface area (Å²) in [7, 11) is 5.06. The predicted molar refractivity (Wildman–Crippen MR) is 104 cm³/mol. The Morgan fingerprint density at radius 2 is 2.00 bits per heavy atom. The first kappa shape index (κ1) is 18.9. The Kier molecular flexibility index (Phi) is 5.75. The fraction of sp³-hybridized carbons (Fsp3) is 0.263. The Hall–Kier alpha value is -2.87. The summed E-state index contributed by atoms with van der Waals surface area (Å²) in [5.74, 6) is 2.38. The molecule has 0 radical (unpaired) electrons. The number of amides is 1. The molecule has 8 heteroatoms. The first-order valence-electron chi connectivity index (χ1n) is 8.24. The third-order valence-corrected chi connectivity index (χ3v) is 5.07. The maximum absolute atomic E-state index is 12.5. The molecule has 0 aliphatic rings. The zero-order valence-corrected chi connectivity index (χ0v) is 16.4. The Morgan fingerprint density at radius 1 is 1.26 bits per heavy atom. The van der Waals surface area contributed by atoms with Crippen LogP contribution in [0.25, 0.3) is 0 Å². The fourth-order valence-electron chi connectivity index (χ4n) is 2.50. The molecule has 1 amide bonds. The lowest BCUT2D eigenvalue weighted by Gasteiger charge is -2.13. The number of nitrogens with zero attached hydrogens (tertiary/aromatic N) is 2. The minimum Gasteiger partial charge on any atom is -0.493 e. The van der Waals surface area contributed by atoms with E-state index in [0.717, 1.165) is 10.7 Å². The third kappa shape index (κ3) is 4.28. The molecule has 27 heavy (non-hydrogen) atoms. The number of aryl methyl sites for hydroxylation is 2. The maximum atomic E-state index is 12.5. The molecule has 3 rings (SSSR count). The van der Waals surface area contributed by atoms with Crippen LogP contribution in [0.15, 0.2) is 46.2 Å². The van der Waals surface area contributed by atoms with E-state index in [1.54, 1.807) is 50.4 Å². The molecule has 0 unspecified atom stereocenters. The number of anilines is 1. The number of aromatic nitrogens is 2. The standard InChI is InChI=1S/C19H21N3O4S/c1-12-9-16(24-3)17(25-4)10-14(12)21-18(23)15-6-5-13(26-15)11-27-19-20-7-8-22(19)2/h5-10H,11H2,1-4H3,(H,21,23). The van der Waals surface area contributed by atoms with Gasteiger partial charge in [0.05, 0.1) is 20.0 Å². The van der Waals surface area contributed by atoms with Crippen molar-refractivity contribution >= 4 is 23.4 Å². The van der Waals surface area contributed by atoms with Gasteiger partial charge in [0, 0.05) is 31.2 Å². The average Bonchev–Trinajstić information content (AvgIpc) is 3.30. The van der Waals surface area contributed by atoms with Gasteiger partial charge >= 0.3 is 0 Å². The number of hydrogen-bond acceptors (Lipinski definition) is 6. The first-order valence-corrected chi connectivity index (χ1v) is 9.23. The van der Waals surface area contributed by atoms with Crippen molar-refractivity contribution in [3.63, 3.8) is 0 Å². The van der Waals surface area contributed by atoms with Crippen molar-refractivity contribution in [2.24, 2.45) is 7.05 Å². The van der Waals surface area contributed by atoms with E-state index in [0.29, 0.717) is 28.7 Å². The van der Waals surface area contributed by atoms with E-state index >= 15 is 0 Å². The van der Waals surface area contributed by atoms with Gasteiger partial charge in [0.2, 0.25) is 0 Å². The number of methoxy groups -OCH3 is 2. The van der Waals surface area contributed by atoms with Crippen LogP contribution in [0.3, 0.4) is 0 Å². The van der Waals surface area contributed by atoms with Gasteiger partial charge < -0.3 is 23.8 Å². The fourth-order valence-corrected chi connectivity index (χ4v) is 3.33. The molecule has 7 nitrogen and oxygen atoms in total. The van der Waals surface area contributed by atoms with E-state index < -0.39 is 0 Å². The molecule has 0 atom stereocenters. The quantitative estimate of drug-likeness (QED) is 0.620. The number of furan rings is 1. The molecule has 0 saturated heterocycles. The lowest BCUT2D eigenvalue weighted by Crippen LogP contribution is -2.12. The highest BCUT2D eigenvalue weighted by atomic mass is 32.2. The van der Waals surface area contributed by atoms with Crippen LogP contribution in [0, 0.1) is 6.92 Å². The SMILES string of the molecule is COc1cc(C)c(NC(=O)c2ccc(CSc3nccn3C)o2)cc1OC. The summed E-state index contributed by atoms with van der Waals surface area (Å²) in [6.07, 6.45) is 3.63. The van der Waals surface area contributed by atoms with Crippen LogP contribution in [0.2, 0.25) is 0 Å². The van der Waals surface area contributed by atoms with Crippen molar-refractivity contribution in [3.05, 3.63) is 53.7 Å². The number of rotatable bonds is 7. The van der Waals surface area contributed by atoms with Crippen LogP contribution >= 0.6 is 11.8 Å². The van der Waals surface area contributed by atoms with Gasteiger partial charge in [-0.1, -0.05) is 11.8 Å². The Balaban J connectivity index is 1.68. The van der Waals surface area contributed by atoms with Gasteiger partial charge in [0.15, 0.2) is 22.4 Å². The molecule has 0 fully saturated rings. The van der Waals surface area contributed by atoms with Crippen molar-refractivity contribution in [2.45, 2.75) is 17.8 Å². The second-order valence-corrected chi connectivity index (χ2v) is 6.79. The van der Waals surface area contributed by atoms with Crippen molar-refractivity contribution in [1.29, 1.82) is 0 Å². The number of carbonyl (C=O) groups excluding carboxylic acids is 1. The van der Waals surface area contributed by atoms with Gasteiger partial charge in [-0.05, 0) is 30.7 Å². The van der Waals surface area contributed by atoms with Crippen LogP contribution < -0.4 is 14.8 Å². The summed E-state index contributed by atoms with van der Waals surface area (Å²) in [5, 5.41) is 3.74. The molecular formula is C19H21N3O4S. The van der Waals surface area contributed by atoms with Crippen LogP contribution in [-0.2, 0) is 12.8 Å². The van der Waals surface area contributed by atoms with E-state index in [4.69, 9.17) is 13.9 Å². The molecule has 3 aromatic rings. The summed E-state index contributed by atoms with van der Waals surface area (Å²) >= 11 is 1.54. The van der Waals surface area contributed by atoms with Gasteiger partial charge in [-0.3, -0.25) is 4.79 Å². The second kappa shape index (κ2) is 8.22. The summed E-state index contributed by atoms with van der Waals surface area (Å²) in [6, 6.07) is 7.00. The van der Waals surface area contributed by atoms with Crippen molar-refractivity contribution in [1.82, 2.24) is 9.55 Å². The minimum atomic E-state index is -0.321. The lowest BCUT2D eigenvalue weighted by molar-refractivity contribution is 0.0995. The lowest BCUT2D eigenvalue weighted by atomic mass is 10.1. The van der Waals surface area contributed by atoms with E-state index in [2.05, 4.69) is 10.3 Å². The number of imidazole rings is 1. The Morgan fingerprint density at radius 3 is 2.67 bits per heavy atom. The molecule has 142 valence electrons. The molecular weight excluding hydrogens is 366 g/mol. The topological polar surface area (TPSA) is 78.5 Å². The van der Waals surface area contributed by atoms with Crippen molar-refractivity contribution in [3.8, 4) is 11.5 Å². The number of hydrogen-bond donors (Lipinski definition) is 1. The number of benzene rings is 1. The van der Waals surface area contributed by atoms with Gasteiger partial charge in [-0.25, -0.2) is 4.98 Å². The van der Waals surface area contributed by atoms with Crippen molar-refractivity contribution < 1.29 is 18.7 Å². The van der Waals surface area contributed by atoms with Crippen LogP contribution in [0.1, 0.15) is 21.9 Å². The second-order valence-electron chi connectivity index (χ2n) is 5.85. The summed E-state index contributed by atoms with van der Waals surface area (Å²) in [5.41, 5.74) is 1.50. The molecule has 1 aromatic carbocycles. The van der Waals surface area contributed by atoms with Crippen LogP contribution in [-0.4, -0.2) is 29.7 Å². The van der Waals surface area contributed by atoms with E-state index in [9.17, 15) is 4.79 Å².